The second-order valence-electron chi connectivity index (χ2n) is 7.12. The molecule has 2 aromatic carbocycles. The Bertz CT molecular complexity index is 1030. The molecular formula is C23H25N3O3. The molecule has 29 heavy (non-hydrogen) atoms. The second kappa shape index (κ2) is 8.73. The molecule has 3 rings (SSSR count). The summed E-state index contributed by atoms with van der Waals surface area (Å²) in [5.41, 5.74) is 5.83. The summed E-state index contributed by atoms with van der Waals surface area (Å²) in [6.45, 7) is 5.54. The molecule has 1 aromatic heterocycles. The van der Waals surface area contributed by atoms with E-state index >= 15 is 0 Å². The third-order valence-corrected chi connectivity index (χ3v) is 4.88. The highest BCUT2D eigenvalue weighted by Crippen LogP contribution is 2.26. The molecule has 0 aliphatic heterocycles. The lowest BCUT2D eigenvalue weighted by atomic mass is 10.0. The zero-order valence-corrected chi connectivity index (χ0v) is 17.2. The quantitative estimate of drug-likeness (QED) is 0.602. The first kappa shape index (κ1) is 20.3. The monoisotopic (exact) mass is 391 g/mol. The van der Waals surface area contributed by atoms with Crippen LogP contribution in [0.2, 0.25) is 0 Å². The zero-order valence-electron chi connectivity index (χ0n) is 17.2. The first-order chi connectivity index (χ1) is 13.8. The van der Waals surface area contributed by atoms with Crippen LogP contribution in [0.1, 0.15) is 23.6 Å². The number of likely N-dealkylation sites (N-methyl/N-ethyl adjacent to an activating group) is 1. The number of ether oxygens (including phenoxy) is 1. The van der Waals surface area contributed by atoms with Crippen molar-refractivity contribution in [2.24, 2.45) is 0 Å². The minimum atomic E-state index is -0.457. The van der Waals surface area contributed by atoms with Crippen LogP contribution in [0.25, 0.3) is 16.9 Å². The highest BCUT2D eigenvalue weighted by molar-refractivity contribution is 5.80. The summed E-state index contributed by atoms with van der Waals surface area (Å²) in [6.07, 6.45) is 1.88. The highest BCUT2D eigenvalue weighted by Gasteiger charge is 2.16. The number of hydrogen-bond acceptors (Lipinski definition) is 4. The average molecular weight is 391 g/mol. The van der Waals surface area contributed by atoms with Crippen LogP contribution in [0, 0.1) is 13.8 Å². The van der Waals surface area contributed by atoms with E-state index in [0.29, 0.717) is 0 Å². The zero-order chi connectivity index (χ0) is 21.0. The Morgan fingerprint density at radius 2 is 1.79 bits per heavy atom. The molecule has 0 radical (unpaired) electrons. The third-order valence-electron chi connectivity index (χ3n) is 4.88. The molecule has 0 unspecified atom stereocenters. The van der Waals surface area contributed by atoms with E-state index in [1.54, 1.807) is 11.7 Å². The Kier molecular flexibility index (Phi) is 6.12. The summed E-state index contributed by atoms with van der Waals surface area (Å²) in [5.74, 6) is -0.643. The van der Waals surface area contributed by atoms with Crippen LogP contribution in [0.4, 0.5) is 0 Å². The van der Waals surface area contributed by atoms with Crippen molar-refractivity contribution in [2.45, 2.75) is 27.4 Å². The lowest BCUT2D eigenvalue weighted by molar-refractivity contribution is -0.149. The first-order valence-corrected chi connectivity index (χ1v) is 9.44. The summed E-state index contributed by atoms with van der Waals surface area (Å²) >= 11 is 0. The van der Waals surface area contributed by atoms with E-state index in [-0.39, 0.29) is 19.1 Å². The van der Waals surface area contributed by atoms with Gasteiger partial charge in [0.05, 0.1) is 11.4 Å². The van der Waals surface area contributed by atoms with E-state index < -0.39 is 5.97 Å². The molecule has 0 N–H and O–H groups in total. The van der Waals surface area contributed by atoms with Gasteiger partial charge in [-0.15, -0.1) is 0 Å². The second-order valence-corrected chi connectivity index (χ2v) is 7.12. The molecule has 150 valence electrons. The smallest absolute Gasteiger partial charge is 0.325 e. The van der Waals surface area contributed by atoms with Crippen LogP contribution in [-0.2, 0) is 20.9 Å². The van der Waals surface area contributed by atoms with E-state index in [2.05, 4.69) is 26.0 Å². The molecule has 3 aromatic rings. The van der Waals surface area contributed by atoms with E-state index in [0.717, 1.165) is 22.5 Å². The largest absolute Gasteiger partial charge is 0.459 e. The van der Waals surface area contributed by atoms with E-state index in [1.807, 2.05) is 42.6 Å². The van der Waals surface area contributed by atoms with Crippen molar-refractivity contribution in [3.05, 3.63) is 71.4 Å². The lowest BCUT2D eigenvalue weighted by Crippen LogP contribution is -2.31. The lowest BCUT2D eigenvalue weighted by Gasteiger charge is -2.13. The van der Waals surface area contributed by atoms with Crippen molar-refractivity contribution in [3.8, 4) is 16.9 Å². The molecule has 0 aliphatic rings. The van der Waals surface area contributed by atoms with Crippen LogP contribution in [-0.4, -0.2) is 40.1 Å². The molecule has 0 spiro atoms. The van der Waals surface area contributed by atoms with Crippen molar-refractivity contribution >= 4 is 11.9 Å². The minimum absolute atomic E-state index is 0.0822. The molecule has 0 saturated heterocycles. The number of hydrogen-bond donors (Lipinski definition) is 0. The summed E-state index contributed by atoms with van der Waals surface area (Å²) in [4.78, 5) is 24.7. The number of amides is 1. The maximum absolute atomic E-state index is 12.1. The van der Waals surface area contributed by atoms with Crippen molar-refractivity contribution in [2.75, 3.05) is 13.6 Å². The molecule has 6 heteroatoms. The standard InChI is InChI=1S/C23H25N3O3/c1-16-10-11-19(12-17(16)2)23-20(15-29-22(28)14-25(4)18(3)27)13-26(24-23)21-8-6-5-7-9-21/h5-13H,14-15H2,1-4H3. The number of aryl methyl sites for hydroxylation is 2. The Morgan fingerprint density at radius 3 is 2.45 bits per heavy atom. The Labute approximate surface area is 170 Å². The van der Waals surface area contributed by atoms with Crippen molar-refractivity contribution in [1.29, 1.82) is 0 Å². The van der Waals surface area contributed by atoms with Gasteiger partial charge in [-0.25, -0.2) is 4.68 Å². The maximum atomic E-state index is 12.1. The highest BCUT2D eigenvalue weighted by atomic mass is 16.5. The average Bonchev–Trinajstić information content (AvgIpc) is 3.13. The molecule has 0 atom stereocenters. The number of rotatable bonds is 6. The first-order valence-electron chi connectivity index (χ1n) is 9.44. The summed E-state index contributed by atoms with van der Waals surface area (Å²) in [7, 11) is 1.57. The van der Waals surface area contributed by atoms with E-state index in [1.165, 1.54) is 23.0 Å². The Hall–Kier alpha value is -3.41. The molecule has 1 heterocycles. The number of para-hydroxylation sites is 1. The van der Waals surface area contributed by atoms with Gasteiger partial charge in [0.1, 0.15) is 13.2 Å². The SMILES string of the molecule is CC(=O)N(C)CC(=O)OCc1cn(-c2ccccc2)nc1-c1ccc(C)c(C)c1. The van der Waals surface area contributed by atoms with Gasteiger partial charge in [0.2, 0.25) is 5.91 Å². The third kappa shape index (κ3) is 4.90. The van der Waals surface area contributed by atoms with E-state index in [9.17, 15) is 9.59 Å². The van der Waals surface area contributed by atoms with Crippen LogP contribution in [0.5, 0.6) is 0 Å². The van der Waals surface area contributed by atoms with Crippen LogP contribution >= 0.6 is 0 Å². The fourth-order valence-corrected chi connectivity index (χ4v) is 2.87. The number of carbonyl (C=O) groups excluding carboxylic acids is 2. The Morgan fingerprint density at radius 1 is 1.07 bits per heavy atom. The number of nitrogens with zero attached hydrogens (tertiary/aromatic N) is 3. The molecule has 0 aliphatic carbocycles. The van der Waals surface area contributed by atoms with Crippen LogP contribution < -0.4 is 0 Å². The van der Waals surface area contributed by atoms with Gasteiger partial charge in [-0.1, -0.05) is 30.3 Å². The molecule has 0 bridgehead atoms. The predicted octanol–water partition coefficient (Wildman–Crippen LogP) is 3.68. The number of aromatic nitrogens is 2. The van der Waals surface area contributed by atoms with Gasteiger partial charge in [-0.05, 0) is 43.2 Å². The Balaban J connectivity index is 1.89. The summed E-state index contributed by atoms with van der Waals surface area (Å²) in [6, 6.07) is 15.9. The van der Waals surface area contributed by atoms with Crippen molar-refractivity contribution in [1.82, 2.24) is 14.7 Å². The molecule has 0 saturated carbocycles. The topological polar surface area (TPSA) is 64.4 Å². The predicted molar refractivity (Wildman–Crippen MR) is 112 cm³/mol. The minimum Gasteiger partial charge on any atom is -0.459 e. The van der Waals surface area contributed by atoms with Gasteiger partial charge in [0, 0.05) is 31.3 Å². The molecule has 6 nitrogen and oxygen atoms in total. The van der Waals surface area contributed by atoms with Crippen molar-refractivity contribution in [3.63, 3.8) is 0 Å². The fraction of sp³-hybridized carbons (Fsp3) is 0.261. The van der Waals surface area contributed by atoms with Gasteiger partial charge in [-0.2, -0.15) is 5.10 Å². The summed E-state index contributed by atoms with van der Waals surface area (Å²) < 4.78 is 7.22. The number of benzene rings is 2. The van der Waals surface area contributed by atoms with Crippen LogP contribution in [0.3, 0.4) is 0 Å². The van der Waals surface area contributed by atoms with Gasteiger partial charge in [-0.3, -0.25) is 9.59 Å². The van der Waals surface area contributed by atoms with Gasteiger partial charge < -0.3 is 9.64 Å². The van der Waals surface area contributed by atoms with Crippen LogP contribution in [0.15, 0.2) is 54.7 Å². The van der Waals surface area contributed by atoms with E-state index in [4.69, 9.17) is 9.84 Å². The van der Waals surface area contributed by atoms with Gasteiger partial charge >= 0.3 is 5.97 Å². The van der Waals surface area contributed by atoms with Crippen molar-refractivity contribution < 1.29 is 14.3 Å². The molecule has 0 fully saturated rings. The fourth-order valence-electron chi connectivity index (χ4n) is 2.87. The maximum Gasteiger partial charge on any atom is 0.325 e. The number of carbonyl (C=O) groups is 2. The normalized spacial score (nSPS) is 10.6. The van der Waals surface area contributed by atoms with Gasteiger partial charge in [0.15, 0.2) is 0 Å². The summed E-state index contributed by atoms with van der Waals surface area (Å²) in [5, 5.41) is 4.75. The molecule has 1 amide bonds. The molecular weight excluding hydrogens is 366 g/mol. The number of esters is 1. The van der Waals surface area contributed by atoms with Gasteiger partial charge in [0.25, 0.3) is 0 Å².